The summed E-state index contributed by atoms with van der Waals surface area (Å²) >= 11 is 0. The van der Waals surface area contributed by atoms with Crippen molar-refractivity contribution in [1.82, 2.24) is 0 Å². The third-order valence-corrected chi connectivity index (χ3v) is 5.85. The lowest BCUT2D eigenvalue weighted by molar-refractivity contribution is -0.878. The largest absolute Gasteiger partial charge is 0.493 e. The summed E-state index contributed by atoms with van der Waals surface area (Å²) in [5.74, 6) is -0.763. The maximum atomic E-state index is 10.1. The normalized spacial score (nSPS) is 28.0. The van der Waals surface area contributed by atoms with E-state index in [0.717, 1.165) is 12.1 Å². The van der Waals surface area contributed by atoms with Crippen molar-refractivity contribution in [2.75, 3.05) is 34.4 Å². The molecule has 0 radical (unpaired) electrons. The molecule has 7 heteroatoms. The van der Waals surface area contributed by atoms with Crippen LogP contribution in [0.4, 0.5) is 0 Å². The Morgan fingerprint density at radius 3 is 2.46 bits per heavy atom. The maximum absolute atomic E-state index is 10.1. The van der Waals surface area contributed by atoms with Crippen molar-refractivity contribution in [2.45, 2.75) is 5.92 Å². The number of nitrogens with one attached hydrogen (secondary N) is 2. The molecule has 0 aromatic heterocycles. The zero-order valence-electron chi connectivity index (χ0n) is 16.1. The first kappa shape index (κ1) is 19.4. The molecule has 2 unspecified atom stereocenters. The molecule has 1 fully saturated rings. The Bertz CT molecular complexity index is 948. The second-order valence-electron chi connectivity index (χ2n) is 7.24. The van der Waals surface area contributed by atoms with Gasteiger partial charge in [-0.3, -0.25) is 0 Å². The summed E-state index contributed by atoms with van der Waals surface area (Å²) in [5, 5.41) is 38.5. The average molecular weight is 376 g/mol. The van der Waals surface area contributed by atoms with Gasteiger partial charge in [0.25, 0.3) is 0 Å². The minimum absolute atomic E-state index is 0.156. The first-order chi connectivity index (χ1) is 13.5. The molecular weight excluding hydrogens is 354 g/mol. The van der Waals surface area contributed by atoms with Crippen LogP contribution >= 0.6 is 0 Å². The van der Waals surface area contributed by atoms with Gasteiger partial charge in [0.2, 0.25) is 0 Å². The van der Waals surface area contributed by atoms with Crippen molar-refractivity contribution >= 4 is 5.71 Å². The predicted octanol–water partition coefficient (Wildman–Crippen LogP) is 1.07. The minimum Gasteiger partial charge on any atom is -0.493 e. The Balaban J connectivity index is 2.34. The third-order valence-electron chi connectivity index (χ3n) is 5.85. The zero-order valence-corrected chi connectivity index (χ0v) is 16.1. The highest BCUT2D eigenvalue weighted by molar-refractivity contribution is 6.01. The highest BCUT2D eigenvalue weighted by atomic mass is 16.5. The fourth-order valence-corrected chi connectivity index (χ4v) is 4.56. The highest BCUT2D eigenvalue weighted by Crippen LogP contribution is 2.55. The second-order valence-corrected chi connectivity index (χ2v) is 7.24. The summed E-state index contributed by atoms with van der Waals surface area (Å²) in [7, 11) is 5.08. The minimum atomic E-state index is -1.75. The molecule has 1 saturated carbocycles. The van der Waals surface area contributed by atoms with Crippen molar-refractivity contribution in [3.63, 3.8) is 0 Å². The average Bonchev–Trinajstić information content (AvgIpc) is 2.72. The topological polar surface area (TPSA) is 118 Å². The van der Waals surface area contributed by atoms with E-state index in [4.69, 9.17) is 14.9 Å². The smallest absolute Gasteiger partial charge is 0.190 e. The van der Waals surface area contributed by atoms with Crippen LogP contribution < -0.4 is 14.4 Å². The van der Waals surface area contributed by atoms with Gasteiger partial charge in [-0.25, -0.2) is 0 Å². The van der Waals surface area contributed by atoms with Gasteiger partial charge >= 0.3 is 0 Å². The van der Waals surface area contributed by atoms with Crippen LogP contribution in [0.5, 0.6) is 11.5 Å². The van der Waals surface area contributed by atoms with Gasteiger partial charge in [-0.15, -0.1) is 0 Å². The number of likely N-dealkylation sites (N-methyl/N-ethyl adjacent to an activating group) is 1. The van der Waals surface area contributed by atoms with Crippen molar-refractivity contribution in [3.8, 4) is 29.7 Å². The van der Waals surface area contributed by atoms with E-state index in [-0.39, 0.29) is 11.6 Å². The number of benzene rings is 1. The Labute approximate surface area is 164 Å². The Kier molecular flexibility index (Phi) is 5.10. The summed E-state index contributed by atoms with van der Waals surface area (Å²) in [4.78, 5) is 1.22. The number of methoxy groups -OCH3 is 2. The summed E-state index contributed by atoms with van der Waals surface area (Å²) in [5.41, 5.74) is -0.428. The Hall–Kier alpha value is -3.34. The molecule has 3 rings (SSSR count). The molecule has 1 aromatic rings. The molecule has 0 amide bonds. The van der Waals surface area contributed by atoms with E-state index in [9.17, 15) is 15.8 Å². The van der Waals surface area contributed by atoms with E-state index in [2.05, 4.69) is 18.2 Å². The van der Waals surface area contributed by atoms with Crippen molar-refractivity contribution in [3.05, 3.63) is 35.4 Å². The monoisotopic (exact) mass is 376 g/mol. The van der Waals surface area contributed by atoms with Gasteiger partial charge in [0, 0.05) is 17.4 Å². The maximum Gasteiger partial charge on any atom is 0.190 e. The number of fused-ring (bicyclic) bond motifs is 1. The number of ether oxygens (including phenoxy) is 2. The summed E-state index contributed by atoms with van der Waals surface area (Å²) < 4.78 is 11.0. The van der Waals surface area contributed by atoms with Gasteiger partial charge in [0.15, 0.2) is 16.9 Å². The molecule has 1 aromatic carbocycles. The second kappa shape index (κ2) is 7.35. The van der Waals surface area contributed by atoms with Crippen LogP contribution in [0.3, 0.4) is 0 Å². The van der Waals surface area contributed by atoms with Gasteiger partial charge in [0.1, 0.15) is 5.92 Å². The quantitative estimate of drug-likeness (QED) is 0.765. The van der Waals surface area contributed by atoms with Crippen molar-refractivity contribution < 1.29 is 14.4 Å². The van der Waals surface area contributed by atoms with E-state index >= 15 is 0 Å². The van der Waals surface area contributed by atoms with Gasteiger partial charge in [-0.05, 0) is 17.7 Å². The lowest BCUT2D eigenvalue weighted by Gasteiger charge is -2.46. The lowest BCUT2D eigenvalue weighted by Crippen LogP contribution is -3.10. The van der Waals surface area contributed by atoms with Crippen LogP contribution in [0.25, 0.3) is 0 Å². The molecule has 28 heavy (non-hydrogen) atoms. The molecule has 0 bridgehead atoms. The number of rotatable bonds is 3. The first-order valence-electron chi connectivity index (χ1n) is 9.02. The van der Waals surface area contributed by atoms with Gasteiger partial charge in [-0.2, -0.15) is 15.8 Å². The SMILES string of the molecule is COc1cccc([C@H]2[C@@H]3C[NH+](C)CC=C3C(C#N)C(=N)C2(C#N)C#N)c1OC. The van der Waals surface area contributed by atoms with Crippen LogP contribution in [-0.2, 0) is 0 Å². The van der Waals surface area contributed by atoms with Gasteiger partial charge in [0.05, 0.1) is 58.3 Å². The van der Waals surface area contributed by atoms with Crippen molar-refractivity contribution in [1.29, 1.82) is 21.2 Å². The van der Waals surface area contributed by atoms with Crippen LogP contribution in [0, 0.1) is 56.7 Å². The van der Waals surface area contributed by atoms with Gasteiger partial charge < -0.3 is 19.8 Å². The molecule has 142 valence electrons. The lowest BCUT2D eigenvalue weighted by atomic mass is 9.54. The van der Waals surface area contributed by atoms with E-state index in [1.807, 2.05) is 19.2 Å². The number of hydrogen-bond acceptors (Lipinski definition) is 6. The van der Waals surface area contributed by atoms with Crippen LogP contribution in [-0.4, -0.2) is 40.1 Å². The Morgan fingerprint density at radius 2 is 1.89 bits per heavy atom. The summed E-state index contributed by atoms with van der Waals surface area (Å²) in [6, 6.07) is 11.7. The van der Waals surface area contributed by atoms with Gasteiger partial charge in [-0.1, -0.05) is 12.1 Å². The fourth-order valence-electron chi connectivity index (χ4n) is 4.56. The molecule has 1 aliphatic heterocycles. The van der Waals surface area contributed by atoms with E-state index < -0.39 is 17.3 Å². The molecule has 1 heterocycles. The summed E-state index contributed by atoms with van der Waals surface area (Å²) in [6.07, 6.45) is 1.99. The van der Waals surface area contributed by atoms with Crippen molar-refractivity contribution in [2.24, 2.45) is 17.3 Å². The third kappa shape index (κ3) is 2.62. The summed E-state index contributed by atoms with van der Waals surface area (Å²) in [6.45, 7) is 1.40. The number of quaternary nitrogens is 1. The highest BCUT2D eigenvalue weighted by Gasteiger charge is 2.59. The fraction of sp³-hybridized carbons (Fsp3) is 0.429. The molecule has 0 spiro atoms. The molecular formula is C21H22N5O2+. The van der Waals surface area contributed by atoms with Crippen LogP contribution in [0.1, 0.15) is 11.5 Å². The van der Waals surface area contributed by atoms with E-state index in [0.29, 0.717) is 23.6 Å². The number of hydrogen-bond donors (Lipinski definition) is 2. The number of nitriles is 3. The predicted molar refractivity (Wildman–Crippen MR) is 101 cm³/mol. The molecule has 2 aliphatic rings. The van der Waals surface area contributed by atoms with E-state index in [1.165, 1.54) is 19.1 Å². The number of nitrogens with zero attached hydrogens (tertiary/aromatic N) is 3. The van der Waals surface area contributed by atoms with E-state index in [1.54, 1.807) is 12.1 Å². The zero-order chi connectivity index (χ0) is 20.5. The van der Waals surface area contributed by atoms with Crippen LogP contribution in [0.2, 0.25) is 0 Å². The standard InChI is InChI=1S/C21H21N5O2/c1-26-8-7-13-15(9-22)20(25)21(11-23,12-24)18(16(13)10-26)14-5-4-6-17(27-2)19(14)28-3/h4-7,15-16,18,25H,8,10H2,1-3H3/p+1/t15?,16-,18+/m1/s1. The molecule has 1 aliphatic carbocycles. The molecule has 2 N–H and O–H groups in total. The molecule has 7 nitrogen and oxygen atoms in total. The number of para-hydroxylation sites is 1. The Morgan fingerprint density at radius 1 is 1.18 bits per heavy atom. The first-order valence-corrected chi connectivity index (χ1v) is 9.02. The molecule has 0 saturated heterocycles. The molecule has 4 atom stereocenters. The van der Waals surface area contributed by atoms with Crippen LogP contribution in [0.15, 0.2) is 29.8 Å².